The van der Waals surface area contributed by atoms with Crippen molar-refractivity contribution in [3.8, 4) is 0 Å². The van der Waals surface area contributed by atoms with E-state index in [1.807, 2.05) is 0 Å². The molecule has 3 nitrogen and oxygen atoms in total. The Bertz CT molecular complexity index is 275. The van der Waals surface area contributed by atoms with Crippen molar-refractivity contribution in [3.05, 3.63) is 0 Å². The lowest BCUT2D eigenvalue weighted by molar-refractivity contribution is -0.928. The number of carbonyl (C=O) groups excluding carboxylic acids is 1. The van der Waals surface area contributed by atoms with Crippen LogP contribution in [0.2, 0.25) is 0 Å². The summed E-state index contributed by atoms with van der Waals surface area (Å²) in [5, 5.41) is 0. The lowest BCUT2D eigenvalue weighted by atomic mass is 9.76. The molecule has 2 rings (SSSR count). The lowest BCUT2D eigenvalue weighted by Gasteiger charge is -2.50. The van der Waals surface area contributed by atoms with Crippen LogP contribution in [0.15, 0.2) is 0 Å². The maximum Gasteiger partial charge on any atom is 0.303 e. The number of fused-ring (bicyclic) bond motifs is 1. The third-order valence-electron chi connectivity index (χ3n) is 4.34. The van der Waals surface area contributed by atoms with Crippen LogP contribution in [-0.2, 0) is 9.53 Å². The molecule has 3 heteroatoms. The minimum atomic E-state index is -0.126. The molecule has 3 atom stereocenters. The first-order valence-corrected chi connectivity index (χ1v) is 6.49. The molecule has 1 saturated carbocycles. The molecule has 0 aromatic carbocycles. The maximum atomic E-state index is 11.1. The molecule has 0 spiro atoms. The molecule has 0 aromatic rings. The Morgan fingerprint density at radius 2 is 1.94 bits per heavy atom. The highest BCUT2D eigenvalue weighted by Gasteiger charge is 2.45. The molecule has 1 aliphatic carbocycles. The van der Waals surface area contributed by atoms with Gasteiger partial charge in [0.15, 0.2) is 6.10 Å². The smallest absolute Gasteiger partial charge is 0.303 e. The first-order chi connectivity index (χ1) is 7.49. The topological polar surface area (TPSA) is 26.3 Å². The Balaban J connectivity index is 2.06. The van der Waals surface area contributed by atoms with Gasteiger partial charge in [0, 0.05) is 12.8 Å². The van der Waals surface area contributed by atoms with E-state index in [1.54, 1.807) is 0 Å². The molecule has 2 unspecified atom stereocenters. The van der Waals surface area contributed by atoms with Crippen LogP contribution in [0.1, 0.15) is 39.0 Å². The number of hydrogen-bond donors (Lipinski definition) is 0. The third-order valence-corrected chi connectivity index (χ3v) is 4.34. The largest absolute Gasteiger partial charge is 0.457 e. The van der Waals surface area contributed by atoms with Gasteiger partial charge in [0.25, 0.3) is 0 Å². The van der Waals surface area contributed by atoms with Gasteiger partial charge in [0.2, 0.25) is 0 Å². The molecule has 92 valence electrons. The molecule has 0 amide bonds. The fraction of sp³-hybridized carbons (Fsp3) is 0.923. The normalized spacial score (nSPS) is 37.6. The lowest BCUT2D eigenvalue weighted by Crippen LogP contribution is -2.61. The maximum absolute atomic E-state index is 11.1. The molecule has 0 N–H and O–H groups in total. The summed E-state index contributed by atoms with van der Waals surface area (Å²) in [7, 11) is 4.58. The van der Waals surface area contributed by atoms with Crippen LogP contribution in [0.25, 0.3) is 0 Å². The van der Waals surface area contributed by atoms with E-state index in [4.69, 9.17) is 4.74 Å². The van der Waals surface area contributed by atoms with Crippen LogP contribution in [0, 0.1) is 5.92 Å². The van der Waals surface area contributed by atoms with Gasteiger partial charge in [-0.2, -0.15) is 0 Å². The first-order valence-electron chi connectivity index (χ1n) is 6.49. The fourth-order valence-corrected chi connectivity index (χ4v) is 3.78. The second-order valence-corrected chi connectivity index (χ2v) is 6.04. The molecule has 1 heterocycles. The van der Waals surface area contributed by atoms with Crippen LogP contribution in [0.3, 0.4) is 0 Å². The van der Waals surface area contributed by atoms with E-state index >= 15 is 0 Å². The number of hydrogen-bond acceptors (Lipinski definition) is 2. The SMILES string of the molecule is CC(=O)O[C@H]1CC2CCCCC2[N+](C)(C)C1. The summed E-state index contributed by atoms with van der Waals surface area (Å²) in [6.45, 7) is 2.51. The minimum absolute atomic E-state index is 0.126. The summed E-state index contributed by atoms with van der Waals surface area (Å²) in [6.07, 6.45) is 6.64. The van der Waals surface area contributed by atoms with E-state index in [0.717, 1.165) is 29.4 Å². The molecule has 0 bridgehead atoms. The molecular weight excluding hydrogens is 202 g/mol. The van der Waals surface area contributed by atoms with Gasteiger partial charge in [-0.1, -0.05) is 6.42 Å². The highest BCUT2D eigenvalue weighted by molar-refractivity contribution is 5.66. The molecule has 2 aliphatic rings. The minimum Gasteiger partial charge on any atom is -0.457 e. The summed E-state index contributed by atoms with van der Waals surface area (Å²) in [5.41, 5.74) is 0. The van der Waals surface area contributed by atoms with E-state index in [0.29, 0.717) is 0 Å². The molecule has 0 aromatic heterocycles. The van der Waals surface area contributed by atoms with Gasteiger partial charge in [0.05, 0.1) is 20.1 Å². The summed E-state index contributed by atoms with van der Waals surface area (Å²) in [5.74, 6) is 0.640. The average molecular weight is 226 g/mol. The van der Waals surface area contributed by atoms with E-state index in [2.05, 4.69) is 14.1 Å². The standard InChI is InChI=1S/C13H24NO2/c1-10(15)16-12-8-11-6-4-5-7-13(11)14(2,3)9-12/h11-13H,4-9H2,1-3H3/q+1/t11?,12-,13?/m0/s1. The molecule has 16 heavy (non-hydrogen) atoms. The molecule has 1 saturated heterocycles. The van der Waals surface area contributed by atoms with E-state index in [1.165, 1.54) is 32.6 Å². The number of nitrogens with zero attached hydrogens (tertiary/aromatic N) is 1. The van der Waals surface area contributed by atoms with Crippen LogP contribution in [0.5, 0.6) is 0 Å². The van der Waals surface area contributed by atoms with Crippen LogP contribution < -0.4 is 0 Å². The Morgan fingerprint density at radius 3 is 2.62 bits per heavy atom. The van der Waals surface area contributed by atoms with E-state index < -0.39 is 0 Å². The van der Waals surface area contributed by atoms with Gasteiger partial charge in [-0.15, -0.1) is 0 Å². The molecule has 2 fully saturated rings. The van der Waals surface area contributed by atoms with Crippen LogP contribution in [0.4, 0.5) is 0 Å². The van der Waals surface area contributed by atoms with E-state index in [-0.39, 0.29) is 12.1 Å². The quantitative estimate of drug-likeness (QED) is 0.504. The van der Waals surface area contributed by atoms with Gasteiger partial charge in [0.1, 0.15) is 6.54 Å². The highest BCUT2D eigenvalue weighted by atomic mass is 16.5. The van der Waals surface area contributed by atoms with Crippen LogP contribution in [-0.4, -0.2) is 43.2 Å². The first kappa shape index (κ1) is 11.9. The Kier molecular flexibility index (Phi) is 3.24. The number of quaternary nitrogens is 1. The molecular formula is C13H24NO2+. The Hall–Kier alpha value is -0.570. The van der Waals surface area contributed by atoms with Gasteiger partial charge >= 0.3 is 5.97 Å². The van der Waals surface area contributed by atoms with Crippen molar-refractivity contribution in [1.29, 1.82) is 0 Å². The summed E-state index contributed by atoms with van der Waals surface area (Å²) < 4.78 is 6.45. The van der Waals surface area contributed by atoms with Crippen molar-refractivity contribution in [2.75, 3.05) is 20.6 Å². The number of likely N-dealkylation sites (tertiary alicyclic amines) is 1. The predicted molar refractivity (Wildman–Crippen MR) is 62.9 cm³/mol. The number of likely N-dealkylation sites (N-methyl/N-ethyl adjacent to an activating group) is 1. The number of ether oxygens (including phenoxy) is 1. The van der Waals surface area contributed by atoms with Crippen molar-refractivity contribution in [2.45, 2.75) is 51.2 Å². The summed E-state index contributed by atoms with van der Waals surface area (Å²) in [6, 6.07) is 0.792. The zero-order valence-corrected chi connectivity index (χ0v) is 10.7. The van der Waals surface area contributed by atoms with Gasteiger partial charge in [-0.25, -0.2) is 0 Å². The van der Waals surface area contributed by atoms with Gasteiger partial charge in [-0.05, 0) is 25.7 Å². The average Bonchev–Trinajstić information content (AvgIpc) is 2.15. The van der Waals surface area contributed by atoms with E-state index in [9.17, 15) is 4.79 Å². The fourth-order valence-electron chi connectivity index (χ4n) is 3.78. The van der Waals surface area contributed by atoms with Crippen molar-refractivity contribution < 1.29 is 14.0 Å². The molecule has 0 radical (unpaired) electrons. The number of rotatable bonds is 1. The second-order valence-electron chi connectivity index (χ2n) is 6.04. The highest BCUT2D eigenvalue weighted by Crippen LogP contribution is 2.38. The zero-order valence-electron chi connectivity index (χ0n) is 10.7. The summed E-state index contributed by atoms with van der Waals surface area (Å²) in [4.78, 5) is 11.1. The van der Waals surface area contributed by atoms with Crippen molar-refractivity contribution in [3.63, 3.8) is 0 Å². The Labute approximate surface area is 98.4 Å². The van der Waals surface area contributed by atoms with Crippen molar-refractivity contribution >= 4 is 5.97 Å². The van der Waals surface area contributed by atoms with Crippen LogP contribution >= 0.6 is 0 Å². The second kappa shape index (κ2) is 4.36. The predicted octanol–water partition coefficient (Wildman–Crippen LogP) is 1.96. The van der Waals surface area contributed by atoms with Crippen molar-refractivity contribution in [1.82, 2.24) is 0 Å². The van der Waals surface area contributed by atoms with Gasteiger partial charge in [-0.3, -0.25) is 4.79 Å². The number of piperidine rings is 1. The summed E-state index contributed by atoms with van der Waals surface area (Å²) >= 11 is 0. The third kappa shape index (κ3) is 2.40. The number of esters is 1. The molecule has 1 aliphatic heterocycles. The van der Waals surface area contributed by atoms with Gasteiger partial charge < -0.3 is 9.22 Å². The van der Waals surface area contributed by atoms with Crippen molar-refractivity contribution in [2.24, 2.45) is 5.92 Å². The Morgan fingerprint density at radius 1 is 1.25 bits per heavy atom. The monoisotopic (exact) mass is 226 g/mol. The number of carbonyl (C=O) groups is 1. The zero-order chi connectivity index (χ0) is 11.8.